The average Bonchev–Trinajstić information content (AvgIpc) is 2.71. The molecule has 0 saturated carbocycles. The molecular formula is C20H25NO7. The van der Waals surface area contributed by atoms with Gasteiger partial charge in [0, 0.05) is 25.1 Å². The lowest BCUT2D eigenvalue weighted by atomic mass is 9.92. The van der Waals surface area contributed by atoms with Crippen LogP contribution >= 0.6 is 0 Å². The number of carboxylic acid groups (broad SMARTS) is 1. The molecule has 0 radical (unpaired) electrons. The number of likely N-dealkylation sites (tertiary alicyclic amines) is 1. The van der Waals surface area contributed by atoms with Crippen LogP contribution in [0, 0.1) is 12.3 Å². The molecule has 1 aliphatic rings. The summed E-state index contributed by atoms with van der Waals surface area (Å²) in [5.41, 5.74) is 0.921. The molecule has 1 saturated heterocycles. The SMILES string of the molecule is C#CCOC1CCN(C(=O)O)[C@H](c2ccc(C(=O)OC)cc2OCCCO)C1. The summed E-state index contributed by atoms with van der Waals surface area (Å²) in [6, 6.07) is 4.27. The van der Waals surface area contributed by atoms with Crippen molar-refractivity contribution in [3.63, 3.8) is 0 Å². The second kappa shape index (κ2) is 10.5. The van der Waals surface area contributed by atoms with Gasteiger partial charge in [0.05, 0.1) is 31.4 Å². The normalized spacial score (nSPS) is 19.0. The smallest absolute Gasteiger partial charge is 0.407 e. The van der Waals surface area contributed by atoms with Gasteiger partial charge in [-0.2, -0.15) is 0 Å². The number of benzene rings is 1. The van der Waals surface area contributed by atoms with Crippen LogP contribution in [0.3, 0.4) is 0 Å². The topological polar surface area (TPSA) is 106 Å². The van der Waals surface area contributed by atoms with E-state index in [4.69, 9.17) is 25.7 Å². The van der Waals surface area contributed by atoms with Crippen molar-refractivity contribution in [2.75, 3.05) is 33.5 Å². The molecule has 2 rings (SSSR count). The van der Waals surface area contributed by atoms with Crippen molar-refractivity contribution in [1.29, 1.82) is 0 Å². The number of rotatable bonds is 8. The number of amides is 1. The molecule has 1 heterocycles. The van der Waals surface area contributed by atoms with Gasteiger partial charge in [0.1, 0.15) is 12.4 Å². The lowest BCUT2D eigenvalue weighted by molar-refractivity contribution is 0.00154. The fraction of sp³-hybridized carbons (Fsp3) is 0.500. The summed E-state index contributed by atoms with van der Waals surface area (Å²) in [6.45, 7) is 0.638. The number of ether oxygens (including phenoxy) is 3. The summed E-state index contributed by atoms with van der Waals surface area (Å²) >= 11 is 0. The predicted octanol–water partition coefficient (Wildman–Crippen LogP) is 2.07. The summed E-state index contributed by atoms with van der Waals surface area (Å²) in [7, 11) is 1.28. The molecule has 0 aromatic heterocycles. The largest absolute Gasteiger partial charge is 0.493 e. The molecule has 1 fully saturated rings. The Morgan fingerprint density at radius 3 is 2.82 bits per heavy atom. The Kier molecular flexibility index (Phi) is 8.11. The van der Waals surface area contributed by atoms with Crippen LogP contribution in [0.5, 0.6) is 5.75 Å². The fourth-order valence-electron chi connectivity index (χ4n) is 3.20. The van der Waals surface area contributed by atoms with Crippen molar-refractivity contribution >= 4 is 12.1 Å². The molecule has 2 atom stereocenters. The third-order valence-corrected chi connectivity index (χ3v) is 4.56. The van der Waals surface area contributed by atoms with E-state index >= 15 is 0 Å². The predicted molar refractivity (Wildman–Crippen MR) is 100 cm³/mol. The first-order chi connectivity index (χ1) is 13.5. The molecule has 152 valence electrons. The molecule has 0 spiro atoms. The van der Waals surface area contributed by atoms with E-state index in [0.29, 0.717) is 42.7 Å². The van der Waals surface area contributed by atoms with E-state index in [9.17, 15) is 14.7 Å². The van der Waals surface area contributed by atoms with Gasteiger partial charge in [-0.25, -0.2) is 9.59 Å². The first-order valence-corrected chi connectivity index (χ1v) is 9.02. The van der Waals surface area contributed by atoms with Crippen LogP contribution in [-0.4, -0.2) is 66.8 Å². The van der Waals surface area contributed by atoms with E-state index < -0.39 is 18.1 Å². The van der Waals surface area contributed by atoms with Crippen molar-refractivity contribution in [3.8, 4) is 18.1 Å². The van der Waals surface area contributed by atoms with Gasteiger partial charge in [-0.3, -0.25) is 0 Å². The minimum atomic E-state index is -1.04. The van der Waals surface area contributed by atoms with E-state index in [2.05, 4.69) is 5.92 Å². The van der Waals surface area contributed by atoms with Crippen LogP contribution in [-0.2, 0) is 9.47 Å². The summed E-state index contributed by atoms with van der Waals surface area (Å²) in [5, 5.41) is 18.6. The number of piperidine rings is 1. The number of carbonyl (C=O) groups excluding carboxylic acids is 1. The van der Waals surface area contributed by atoms with Gasteiger partial charge in [0.15, 0.2) is 0 Å². The Balaban J connectivity index is 2.36. The molecule has 8 heteroatoms. The van der Waals surface area contributed by atoms with Crippen molar-refractivity contribution in [3.05, 3.63) is 29.3 Å². The Morgan fingerprint density at radius 2 is 2.18 bits per heavy atom. The lowest BCUT2D eigenvalue weighted by Gasteiger charge is -2.38. The quantitative estimate of drug-likeness (QED) is 0.397. The Morgan fingerprint density at radius 1 is 1.39 bits per heavy atom. The molecule has 1 aromatic carbocycles. The van der Waals surface area contributed by atoms with Crippen LogP contribution in [0.2, 0.25) is 0 Å². The van der Waals surface area contributed by atoms with Crippen LogP contribution in [0.1, 0.15) is 41.2 Å². The third-order valence-electron chi connectivity index (χ3n) is 4.56. The molecule has 8 nitrogen and oxygen atoms in total. The van der Waals surface area contributed by atoms with E-state index in [1.807, 2.05) is 0 Å². The van der Waals surface area contributed by atoms with Gasteiger partial charge in [-0.1, -0.05) is 12.0 Å². The minimum absolute atomic E-state index is 0.0429. The molecule has 0 aliphatic carbocycles. The molecule has 1 aliphatic heterocycles. The number of hydrogen-bond donors (Lipinski definition) is 2. The number of hydrogen-bond acceptors (Lipinski definition) is 6. The highest BCUT2D eigenvalue weighted by Gasteiger charge is 2.35. The molecule has 2 N–H and O–H groups in total. The van der Waals surface area contributed by atoms with Gasteiger partial charge >= 0.3 is 12.1 Å². The third kappa shape index (κ3) is 5.38. The van der Waals surface area contributed by atoms with E-state index in [0.717, 1.165) is 0 Å². The number of terminal acetylenes is 1. The fourth-order valence-corrected chi connectivity index (χ4v) is 3.20. The summed E-state index contributed by atoms with van der Waals surface area (Å²) in [4.78, 5) is 25.0. The van der Waals surface area contributed by atoms with Gasteiger partial charge < -0.3 is 29.3 Å². The first-order valence-electron chi connectivity index (χ1n) is 9.02. The molecule has 1 aromatic rings. The van der Waals surface area contributed by atoms with Crippen molar-refractivity contribution < 1.29 is 34.0 Å². The maximum atomic E-state index is 11.9. The maximum Gasteiger partial charge on any atom is 0.407 e. The highest BCUT2D eigenvalue weighted by molar-refractivity contribution is 5.90. The summed E-state index contributed by atoms with van der Waals surface area (Å²) < 4.78 is 16.1. The number of esters is 1. The van der Waals surface area contributed by atoms with Gasteiger partial charge in [-0.05, 0) is 25.0 Å². The van der Waals surface area contributed by atoms with Gasteiger partial charge in [-0.15, -0.1) is 6.42 Å². The van der Waals surface area contributed by atoms with Crippen LogP contribution in [0.4, 0.5) is 4.79 Å². The summed E-state index contributed by atoms with van der Waals surface area (Å²) in [6.07, 6.45) is 5.40. The van der Waals surface area contributed by atoms with Crippen LogP contribution in [0.25, 0.3) is 0 Å². The van der Waals surface area contributed by atoms with E-state index in [-0.39, 0.29) is 25.9 Å². The maximum absolute atomic E-state index is 11.9. The zero-order chi connectivity index (χ0) is 20.5. The van der Waals surface area contributed by atoms with Crippen molar-refractivity contribution in [2.24, 2.45) is 0 Å². The number of aliphatic hydroxyl groups excluding tert-OH is 1. The number of methoxy groups -OCH3 is 1. The van der Waals surface area contributed by atoms with Crippen LogP contribution in [0.15, 0.2) is 18.2 Å². The monoisotopic (exact) mass is 391 g/mol. The average molecular weight is 391 g/mol. The number of carbonyl (C=O) groups is 2. The van der Waals surface area contributed by atoms with Gasteiger partial charge in [0.25, 0.3) is 0 Å². The molecular weight excluding hydrogens is 366 g/mol. The standard InChI is InChI=1S/C20H25NO7/c1-3-10-27-15-7-8-21(20(24)25)17(13-15)16-6-5-14(19(23)26-2)12-18(16)28-11-4-9-22/h1,5-6,12,15,17,22H,4,7-11,13H2,2H3,(H,24,25)/t15?,17-/m0/s1. The van der Waals surface area contributed by atoms with E-state index in [1.165, 1.54) is 18.1 Å². The molecule has 1 amide bonds. The summed E-state index contributed by atoms with van der Waals surface area (Å²) in [5.74, 6) is 2.28. The zero-order valence-corrected chi connectivity index (χ0v) is 15.8. The second-order valence-electron chi connectivity index (χ2n) is 6.32. The lowest BCUT2D eigenvalue weighted by Crippen LogP contribution is -2.42. The number of nitrogens with zero attached hydrogens (tertiary/aromatic N) is 1. The second-order valence-corrected chi connectivity index (χ2v) is 6.32. The zero-order valence-electron chi connectivity index (χ0n) is 15.8. The molecule has 28 heavy (non-hydrogen) atoms. The van der Waals surface area contributed by atoms with Crippen LogP contribution < -0.4 is 4.74 Å². The Hall–Kier alpha value is -2.76. The minimum Gasteiger partial charge on any atom is -0.493 e. The molecule has 0 bridgehead atoms. The first kappa shape index (κ1) is 21.5. The highest BCUT2D eigenvalue weighted by Crippen LogP contribution is 2.38. The van der Waals surface area contributed by atoms with Crippen molar-refractivity contribution in [1.82, 2.24) is 4.90 Å². The van der Waals surface area contributed by atoms with Crippen molar-refractivity contribution in [2.45, 2.75) is 31.4 Å². The Labute approximate surface area is 164 Å². The molecule has 1 unspecified atom stereocenters. The Bertz CT molecular complexity index is 728. The highest BCUT2D eigenvalue weighted by atomic mass is 16.5. The van der Waals surface area contributed by atoms with E-state index in [1.54, 1.807) is 12.1 Å². The van der Waals surface area contributed by atoms with Gasteiger partial charge in [0.2, 0.25) is 0 Å². The number of aliphatic hydroxyl groups is 1.